The van der Waals surface area contributed by atoms with Crippen LogP contribution in [0.4, 0.5) is 0 Å². The maximum Gasteiger partial charge on any atom is 0.239 e. The molecule has 0 saturated heterocycles. The number of hydrogen-bond donors (Lipinski definition) is 1. The Hall–Kier alpha value is 0.340. The fourth-order valence-electron chi connectivity index (χ4n) is 0.984. The minimum absolute atomic E-state index is 0.197. The lowest BCUT2D eigenvalue weighted by atomic mass is 10.2. The Balaban J connectivity index is 3.62. The van der Waals surface area contributed by atoms with Gasteiger partial charge < -0.3 is 0 Å². The Morgan fingerprint density at radius 1 is 1.46 bits per heavy atom. The van der Waals surface area contributed by atoms with Gasteiger partial charge in [0, 0.05) is 8.04 Å². The zero-order valence-electron chi connectivity index (χ0n) is 6.71. The molecule has 0 aliphatic carbocycles. The van der Waals surface area contributed by atoms with Crippen LogP contribution in [0.15, 0.2) is 21.5 Å². The average molecular weight is 376 g/mol. The van der Waals surface area contributed by atoms with E-state index in [4.69, 9.17) is 5.14 Å². The number of rotatable bonds is 1. The molecule has 0 heterocycles. The molecule has 1 aromatic carbocycles. The van der Waals surface area contributed by atoms with E-state index in [0.29, 0.717) is 9.13 Å². The van der Waals surface area contributed by atoms with E-state index in [2.05, 4.69) is 15.9 Å². The Kier molecular flexibility index (Phi) is 3.37. The first kappa shape index (κ1) is 11.4. The number of primary sulfonamides is 1. The third-order valence-corrected chi connectivity index (χ3v) is 4.80. The zero-order chi connectivity index (χ0) is 10.2. The standard InChI is InChI=1S/C7H7BrINO2S/c1-4-5(8)2-3-6(9)7(4)13(10,11)12/h2-3H,1H3,(H2,10,11,12). The van der Waals surface area contributed by atoms with Gasteiger partial charge in [0.2, 0.25) is 10.0 Å². The molecular formula is C7H7BrINO2S. The predicted octanol–water partition coefficient (Wildman–Crippen LogP) is 2.01. The quantitative estimate of drug-likeness (QED) is 0.763. The van der Waals surface area contributed by atoms with Crippen molar-refractivity contribution in [2.75, 3.05) is 0 Å². The molecule has 0 aliphatic heterocycles. The van der Waals surface area contributed by atoms with Gasteiger partial charge in [-0.25, -0.2) is 13.6 Å². The van der Waals surface area contributed by atoms with Crippen LogP contribution in [0.1, 0.15) is 5.56 Å². The summed E-state index contributed by atoms with van der Waals surface area (Å²) in [6.07, 6.45) is 0. The van der Waals surface area contributed by atoms with Gasteiger partial charge in [-0.2, -0.15) is 0 Å². The molecule has 0 amide bonds. The van der Waals surface area contributed by atoms with Gasteiger partial charge >= 0.3 is 0 Å². The Labute approximate surface area is 99.0 Å². The van der Waals surface area contributed by atoms with Crippen LogP contribution < -0.4 is 5.14 Å². The second-order valence-electron chi connectivity index (χ2n) is 2.53. The van der Waals surface area contributed by atoms with Crippen LogP contribution in [0.2, 0.25) is 0 Å². The van der Waals surface area contributed by atoms with Crippen molar-refractivity contribution in [1.82, 2.24) is 0 Å². The lowest BCUT2D eigenvalue weighted by Crippen LogP contribution is -2.15. The Morgan fingerprint density at radius 3 is 2.38 bits per heavy atom. The van der Waals surface area contributed by atoms with Crippen molar-refractivity contribution in [3.05, 3.63) is 25.7 Å². The van der Waals surface area contributed by atoms with Gasteiger partial charge in [-0.15, -0.1) is 0 Å². The second-order valence-corrected chi connectivity index (χ2v) is 6.04. The first-order chi connectivity index (χ1) is 5.84. The molecule has 0 aliphatic rings. The number of sulfonamides is 1. The smallest absolute Gasteiger partial charge is 0.225 e. The highest BCUT2D eigenvalue weighted by molar-refractivity contribution is 14.1. The molecule has 0 atom stereocenters. The van der Waals surface area contributed by atoms with Crippen molar-refractivity contribution in [2.45, 2.75) is 11.8 Å². The van der Waals surface area contributed by atoms with Crippen LogP contribution in [0.25, 0.3) is 0 Å². The molecule has 1 aromatic rings. The van der Waals surface area contributed by atoms with E-state index in [9.17, 15) is 8.42 Å². The van der Waals surface area contributed by atoms with Gasteiger partial charge in [-0.3, -0.25) is 0 Å². The minimum Gasteiger partial charge on any atom is -0.225 e. The highest BCUT2D eigenvalue weighted by Gasteiger charge is 2.16. The van der Waals surface area contributed by atoms with Crippen LogP contribution in [0.5, 0.6) is 0 Å². The first-order valence-electron chi connectivity index (χ1n) is 3.31. The molecule has 0 spiro atoms. The first-order valence-corrected chi connectivity index (χ1v) is 6.73. The molecule has 6 heteroatoms. The summed E-state index contributed by atoms with van der Waals surface area (Å²) in [6.45, 7) is 1.71. The van der Waals surface area contributed by atoms with Gasteiger partial charge in [-0.1, -0.05) is 15.9 Å². The predicted molar refractivity (Wildman–Crippen MR) is 63.0 cm³/mol. The summed E-state index contributed by atoms with van der Waals surface area (Å²) in [7, 11) is -3.62. The van der Waals surface area contributed by atoms with E-state index in [1.807, 2.05) is 22.6 Å². The molecule has 13 heavy (non-hydrogen) atoms. The summed E-state index contributed by atoms with van der Waals surface area (Å²) >= 11 is 5.20. The molecule has 0 radical (unpaired) electrons. The summed E-state index contributed by atoms with van der Waals surface area (Å²) in [5.41, 5.74) is 0.648. The summed E-state index contributed by atoms with van der Waals surface area (Å²) in [5.74, 6) is 0. The molecule has 0 aromatic heterocycles. The topological polar surface area (TPSA) is 60.2 Å². The fraction of sp³-hybridized carbons (Fsp3) is 0.143. The van der Waals surface area contributed by atoms with E-state index >= 15 is 0 Å². The van der Waals surface area contributed by atoms with E-state index in [0.717, 1.165) is 4.47 Å². The van der Waals surface area contributed by atoms with E-state index < -0.39 is 10.0 Å². The molecule has 2 N–H and O–H groups in total. The summed E-state index contributed by atoms with van der Waals surface area (Å²) in [4.78, 5) is 0.197. The number of halogens is 2. The van der Waals surface area contributed by atoms with Crippen LogP contribution in [0.3, 0.4) is 0 Å². The number of benzene rings is 1. The van der Waals surface area contributed by atoms with Gasteiger partial charge in [0.25, 0.3) is 0 Å². The molecule has 72 valence electrons. The third kappa shape index (κ3) is 2.42. The zero-order valence-corrected chi connectivity index (χ0v) is 11.3. The van der Waals surface area contributed by atoms with Crippen molar-refractivity contribution in [2.24, 2.45) is 5.14 Å². The highest BCUT2D eigenvalue weighted by atomic mass is 127. The SMILES string of the molecule is Cc1c(Br)ccc(I)c1S(N)(=O)=O. The molecular weight excluding hydrogens is 369 g/mol. The summed E-state index contributed by atoms with van der Waals surface area (Å²) in [5, 5.41) is 5.07. The van der Waals surface area contributed by atoms with Crippen molar-refractivity contribution < 1.29 is 8.42 Å². The molecule has 0 bridgehead atoms. The average Bonchev–Trinajstić information content (AvgIpc) is 1.95. The van der Waals surface area contributed by atoms with E-state index in [1.54, 1.807) is 19.1 Å². The van der Waals surface area contributed by atoms with Crippen molar-refractivity contribution >= 4 is 48.5 Å². The van der Waals surface area contributed by atoms with Gasteiger partial charge in [-0.05, 0) is 47.2 Å². The van der Waals surface area contributed by atoms with Crippen LogP contribution in [-0.4, -0.2) is 8.42 Å². The molecule has 0 unspecified atom stereocenters. The molecule has 1 rings (SSSR count). The maximum atomic E-state index is 11.2. The summed E-state index contributed by atoms with van der Waals surface area (Å²) in [6, 6.07) is 3.50. The summed E-state index contributed by atoms with van der Waals surface area (Å²) < 4.78 is 23.7. The Bertz CT molecular complexity index is 444. The lowest BCUT2D eigenvalue weighted by molar-refractivity contribution is 0.596. The monoisotopic (exact) mass is 375 g/mol. The van der Waals surface area contributed by atoms with Gasteiger partial charge in [0.05, 0.1) is 4.90 Å². The molecule has 0 fully saturated rings. The van der Waals surface area contributed by atoms with Crippen LogP contribution in [0, 0.1) is 10.5 Å². The van der Waals surface area contributed by atoms with Gasteiger partial charge in [0.1, 0.15) is 0 Å². The largest absolute Gasteiger partial charge is 0.239 e. The molecule has 0 saturated carbocycles. The van der Waals surface area contributed by atoms with Crippen molar-refractivity contribution in [1.29, 1.82) is 0 Å². The number of nitrogens with two attached hydrogens (primary N) is 1. The lowest BCUT2D eigenvalue weighted by Gasteiger charge is -2.07. The Morgan fingerprint density at radius 2 is 2.00 bits per heavy atom. The van der Waals surface area contributed by atoms with E-state index in [-0.39, 0.29) is 4.90 Å². The van der Waals surface area contributed by atoms with E-state index in [1.165, 1.54) is 0 Å². The van der Waals surface area contributed by atoms with Crippen molar-refractivity contribution in [3.8, 4) is 0 Å². The normalized spacial score (nSPS) is 11.7. The van der Waals surface area contributed by atoms with Crippen LogP contribution >= 0.6 is 38.5 Å². The molecule has 3 nitrogen and oxygen atoms in total. The highest BCUT2D eigenvalue weighted by Crippen LogP contribution is 2.27. The second kappa shape index (κ2) is 3.84. The van der Waals surface area contributed by atoms with Crippen LogP contribution in [-0.2, 0) is 10.0 Å². The minimum atomic E-state index is -3.62. The van der Waals surface area contributed by atoms with Gasteiger partial charge in [0.15, 0.2) is 0 Å². The maximum absolute atomic E-state index is 11.2. The van der Waals surface area contributed by atoms with Crippen molar-refractivity contribution in [3.63, 3.8) is 0 Å². The third-order valence-electron chi connectivity index (χ3n) is 1.58. The number of hydrogen-bond acceptors (Lipinski definition) is 2. The fourth-order valence-corrected chi connectivity index (χ4v) is 3.83.